The second-order valence-electron chi connectivity index (χ2n) is 8.38. The number of halogens is 1. The van der Waals surface area contributed by atoms with Gasteiger partial charge in [-0.05, 0) is 61.4 Å². The highest BCUT2D eigenvalue weighted by Crippen LogP contribution is 2.38. The highest BCUT2D eigenvalue weighted by atomic mass is 35.5. The van der Waals surface area contributed by atoms with E-state index in [1.54, 1.807) is 35.3 Å². The number of nitrogens with zero attached hydrogens (tertiary/aromatic N) is 2. The average molecular weight is 505 g/mol. The van der Waals surface area contributed by atoms with E-state index in [0.717, 1.165) is 34.1 Å². The first-order chi connectivity index (χ1) is 17.1. The Balaban J connectivity index is 1.30. The lowest BCUT2D eigenvalue weighted by Crippen LogP contribution is -2.45. The largest absolute Gasteiger partial charge is 0.494 e. The lowest BCUT2D eigenvalue weighted by Gasteiger charge is -2.33. The molecule has 0 fully saturated rings. The van der Waals surface area contributed by atoms with Crippen LogP contribution >= 0.6 is 22.9 Å². The summed E-state index contributed by atoms with van der Waals surface area (Å²) in [5.74, 6) is 1.41. The van der Waals surface area contributed by atoms with Gasteiger partial charge in [-0.3, -0.25) is 4.79 Å². The lowest BCUT2D eigenvalue weighted by molar-refractivity contribution is -0.125. The molecule has 5 nitrogen and oxygen atoms in total. The van der Waals surface area contributed by atoms with Crippen LogP contribution in [0.1, 0.15) is 23.9 Å². The summed E-state index contributed by atoms with van der Waals surface area (Å²) in [7, 11) is 0. The molecule has 35 heavy (non-hydrogen) atoms. The van der Waals surface area contributed by atoms with Crippen molar-refractivity contribution in [3.8, 4) is 22.8 Å². The molecule has 1 aliphatic rings. The Bertz CT molecular complexity index is 1310. The van der Waals surface area contributed by atoms with E-state index in [9.17, 15) is 4.79 Å². The van der Waals surface area contributed by atoms with E-state index in [4.69, 9.17) is 26.1 Å². The highest BCUT2D eigenvalue weighted by molar-refractivity contribution is 7.10. The average Bonchev–Trinajstić information content (AvgIpc) is 3.34. The van der Waals surface area contributed by atoms with Gasteiger partial charge in [0.25, 0.3) is 5.91 Å². The molecule has 0 N–H and O–H groups in total. The minimum Gasteiger partial charge on any atom is -0.494 e. The van der Waals surface area contributed by atoms with Crippen molar-refractivity contribution in [2.75, 3.05) is 18.1 Å². The van der Waals surface area contributed by atoms with E-state index in [-0.39, 0.29) is 5.91 Å². The zero-order valence-electron chi connectivity index (χ0n) is 19.3. The quantitative estimate of drug-likeness (QED) is 0.252. The van der Waals surface area contributed by atoms with Crippen molar-refractivity contribution >= 4 is 34.5 Å². The molecule has 2 heterocycles. The Labute approximate surface area is 213 Å². The molecule has 0 radical (unpaired) electrons. The fraction of sp³-hybridized carbons (Fsp3) is 0.214. The number of thiazole rings is 1. The maximum atomic E-state index is 13.0. The standard InChI is InChI=1S/C28H25ClN2O3S/c1-19-28(32)31(14-5-15-33-23-11-9-22(29)10-12-23)25-17-21(8-13-26(25)34-19)24-18-35-27(30-24)16-20-6-3-2-4-7-20/h2-4,6-13,17-19H,5,14-16H2,1H3. The summed E-state index contributed by atoms with van der Waals surface area (Å²) in [4.78, 5) is 19.6. The molecule has 1 aliphatic heterocycles. The second-order valence-corrected chi connectivity index (χ2v) is 9.76. The SMILES string of the molecule is CC1Oc2ccc(-c3csc(Cc4ccccc4)n3)cc2N(CCCOc2ccc(Cl)cc2)C1=O. The van der Waals surface area contributed by atoms with Crippen molar-refractivity contribution in [2.45, 2.75) is 25.9 Å². The molecule has 1 atom stereocenters. The molecular formula is C28H25ClN2O3S. The summed E-state index contributed by atoms with van der Waals surface area (Å²) >= 11 is 7.58. The number of anilines is 1. The van der Waals surface area contributed by atoms with Gasteiger partial charge in [0.1, 0.15) is 11.5 Å². The monoisotopic (exact) mass is 504 g/mol. The van der Waals surface area contributed by atoms with Gasteiger partial charge in [-0.1, -0.05) is 41.9 Å². The molecular weight excluding hydrogens is 480 g/mol. The van der Waals surface area contributed by atoms with Crippen LogP contribution in [0.5, 0.6) is 11.5 Å². The number of hydrogen-bond acceptors (Lipinski definition) is 5. The summed E-state index contributed by atoms with van der Waals surface area (Å²) in [5, 5.41) is 3.80. The van der Waals surface area contributed by atoms with E-state index in [2.05, 4.69) is 17.5 Å². The summed E-state index contributed by atoms with van der Waals surface area (Å²) < 4.78 is 11.7. The van der Waals surface area contributed by atoms with Gasteiger partial charge in [0.2, 0.25) is 0 Å². The van der Waals surface area contributed by atoms with Gasteiger partial charge in [0.05, 0.1) is 23.0 Å². The summed E-state index contributed by atoms with van der Waals surface area (Å²) in [6.45, 7) is 2.81. The number of ether oxygens (including phenoxy) is 2. The molecule has 0 saturated heterocycles. The van der Waals surface area contributed by atoms with Crippen molar-refractivity contribution in [2.24, 2.45) is 0 Å². The van der Waals surface area contributed by atoms with Crippen molar-refractivity contribution in [3.63, 3.8) is 0 Å². The first-order valence-corrected chi connectivity index (χ1v) is 12.8. The van der Waals surface area contributed by atoms with Crippen LogP contribution in [0.2, 0.25) is 5.02 Å². The van der Waals surface area contributed by atoms with Crippen LogP contribution in [0.3, 0.4) is 0 Å². The Hall–Kier alpha value is -3.35. The molecule has 1 unspecified atom stereocenters. The van der Waals surface area contributed by atoms with Gasteiger partial charge in [0, 0.05) is 28.9 Å². The third-order valence-electron chi connectivity index (χ3n) is 5.82. The zero-order valence-corrected chi connectivity index (χ0v) is 20.9. The summed E-state index contributed by atoms with van der Waals surface area (Å²) in [6.07, 6.45) is 0.958. The van der Waals surface area contributed by atoms with Gasteiger partial charge in [-0.25, -0.2) is 4.98 Å². The Morgan fingerprint density at radius 3 is 2.69 bits per heavy atom. The van der Waals surface area contributed by atoms with E-state index in [1.165, 1.54) is 5.56 Å². The van der Waals surface area contributed by atoms with E-state index < -0.39 is 6.10 Å². The van der Waals surface area contributed by atoms with E-state index in [0.29, 0.717) is 30.3 Å². The number of aromatic nitrogens is 1. The van der Waals surface area contributed by atoms with E-state index in [1.807, 2.05) is 48.5 Å². The van der Waals surface area contributed by atoms with Crippen LogP contribution in [-0.2, 0) is 11.2 Å². The molecule has 178 valence electrons. The number of carbonyl (C=O) groups is 1. The molecule has 0 aliphatic carbocycles. The number of rotatable bonds is 8. The maximum Gasteiger partial charge on any atom is 0.267 e. The first-order valence-electron chi connectivity index (χ1n) is 11.6. The predicted octanol–water partition coefficient (Wildman–Crippen LogP) is 6.64. The number of carbonyl (C=O) groups excluding carboxylic acids is 1. The van der Waals surface area contributed by atoms with Gasteiger partial charge >= 0.3 is 0 Å². The lowest BCUT2D eigenvalue weighted by atomic mass is 10.1. The van der Waals surface area contributed by atoms with Gasteiger partial charge in [-0.15, -0.1) is 11.3 Å². The summed E-state index contributed by atoms with van der Waals surface area (Å²) in [5.41, 5.74) is 3.88. The predicted molar refractivity (Wildman–Crippen MR) is 141 cm³/mol. The third kappa shape index (κ3) is 5.50. The number of benzene rings is 3. The van der Waals surface area contributed by atoms with Crippen molar-refractivity contribution in [3.05, 3.63) is 93.8 Å². The zero-order chi connectivity index (χ0) is 24.2. The van der Waals surface area contributed by atoms with Gasteiger partial charge in [0.15, 0.2) is 6.10 Å². The Morgan fingerprint density at radius 2 is 1.89 bits per heavy atom. The van der Waals surface area contributed by atoms with Crippen LogP contribution in [0.25, 0.3) is 11.3 Å². The van der Waals surface area contributed by atoms with Gasteiger partial charge in [-0.2, -0.15) is 0 Å². The molecule has 7 heteroatoms. The minimum absolute atomic E-state index is 0.0517. The van der Waals surface area contributed by atoms with Crippen LogP contribution in [0.15, 0.2) is 78.2 Å². The molecule has 0 spiro atoms. The van der Waals surface area contributed by atoms with Crippen LogP contribution in [0.4, 0.5) is 5.69 Å². The smallest absolute Gasteiger partial charge is 0.267 e. The number of amides is 1. The fourth-order valence-electron chi connectivity index (χ4n) is 4.04. The Morgan fingerprint density at radius 1 is 1.09 bits per heavy atom. The molecule has 4 aromatic rings. The van der Waals surface area contributed by atoms with E-state index >= 15 is 0 Å². The van der Waals surface area contributed by atoms with Crippen LogP contribution in [-0.4, -0.2) is 30.1 Å². The molecule has 0 bridgehead atoms. The normalized spacial score (nSPS) is 15.0. The second kappa shape index (κ2) is 10.5. The van der Waals surface area contributed by atoms with Crippen LogP contribution < -0.4 is 14.4 Å². The van der Waals surface area contributed by atoms with Crippen LogP contribution in [0, 0.1) is 0 Å². The first kappa shape index (κ1) is 23.4. The third-order valence-corrected chi connectivity index (χ3v) is 6.92. The van der Waals surface area contributed by atoms with Crippen molar-refractivity contribution < 1.29 is 14.3 Å². The summed E-state index contributed by atoms with van der Waals surface area (Å²) in [6, 6.07) is 23.5. The highest BCUT2D eigenvalue weighted by Gasteiger charge is 2.31. The molecule has 1 aromatic heterocycles. The number of hydrogen-bond donors (Lipinski definition) is 0. The molecule has 0 saturated carbocycles. The Kier molecular flexibility index (Phi) is 7.02. The van der Waals surface area contributed by atoms with Crippen molar-refractivity contribution in [1.29, 1.82) is 0 Å². The number of fused-ring (bicyclic) bond motifs is 1. The fourth-order valence-corrected chi connectivity index (χ4v) is 5.00. The molecule has 5 rings (SSSR count). The maximum absolute atomic E-state index is 13.0. The topological polar surface area (TPSA) is 51.7 Å². The van der Waals surface area contributed by atoms with Crippen molar-refractivity contribution in [1.82, 2.24) is 4.98 Å². The molecule has 3 aromatic carbocycles. The minimum atomic E-state index is -0.526. The molecule has 1 amide bonds. The van der Waals surface area contributed by atoms with Gasteiger partial charge < -0.3 is 14.4 Å².